The van der Waals surface area contributed by atoms with Gasteiger partial charge in [0.2, 0.25) is 0 Å². The highest BCUT2D eigenvalue weighted by Crippen LogP contribution is 2.30. The molecular weight excluding hydrogens is 226 g/mol. The van der Waals surface area contributed by atoms with Gasteiger partial charge in [-0.3, -0.25) is 9.69 Å². The minimum atomic E-state index is -0.0185. The molecule has 1 rings (SSSR count). The summed E-state index contributed by atoms with van der Waals surface area (Å²) in [5.41, 5.74) is 0. The number of hydrogen-bond donors (Lipinski definition) is 0. The average molecular weight is 255 g/mol. The minimum Gasteiger partial charge on any atom is -0.465 e. The van der Waals surface area contributed by atoms with Crippen molar-refractivity contribution in [2.45, 2.75) is 71.9 Å². The third-order valence-corrected chi connectivity index (χ3v) is 3.50. The Hall–Kier alpha value is -0.570. The summed E-state index contributed by atoms with van der Waals surface area (Å²) in [6.07, 6.45) is 5.62. The van der Waals surface area contributed by atoms with Gasteiger partial charge < -0.3 is 4.74 Å². The van der Waals surface area contributed by atoms with Crippen molar-refractivity contribution in [3.05, 3.63) is 0 Å². The van der Waals surface area contributed by atoms with E-state index in [-0.39, 0.29) is 12.0 Å². The normalized spacial score (nSPS) is 17.2. The van der Waals surface area contributed by atoms with E-state index < -0.39 is 0 Å². The smallest absolute Gasteiger partial charge is 0.323 e. The lowest BCUT2D eigenvalue weighted by molar-refractivity contribution is -0.150. The Morgan fingerprint density at radius 2 is 1.94 bits per heavy atom. The van der Waals surface area contributed by atoms with E-state index in [0.717, 1.165) is 25.8 Å². The lowest BCUT2D eigenvalue weighted by Gasteiger charge is -2.30. The van der Waals surface area contributed by atoms with Crippen LogP contribution in [-0.2, 0) is 9.53 Å². The zero-order valence-electron chi connectivity index (χ0n) is 12.4. The Morgan fingerprint density at radius 3 is 2.39 bits per heavy atom. The number of nitrogens with zero attached hydrogens (tertiary/aromatic N) is 1. The molecule has 1 atom stereocenters. The summed E-state index contributed by atoms with van der Waals surface area (Å²) < 4.78 is 5.24. The molecule has 3 heteroatoms. The maximum atomic E-state index is 12.1. The molecule has 0 aromatic rings. The van der Waals surface area contributed by atoms with E-state index in [0.29, 0.717) is 18.6 Å². The highest BCUT2D eigenvalue weighted by atomic mass is 16.5. The van der Waals surface area contributed by atoms with Crippen LogP contribution in [0.25, 0.3) is 0 Å². The minimum absolute atomic E-state index is 0.0128. The lowest BCUT2D eigenvalue weighted by Crippen LogP contribution is -2.44. The summed E-state index contributed by atoms with van der Waals surface area (Å²) >= 11 is 0. The zero-order chi connectivity index (χ0) is 13.5. The van der Waals surface area contributed by atoms with Gasteiger partial charge >= 0.3 is 5.97 Å². The summed E-state index contributed by atoms with van der Waals surface area (Å²) in [6, 6.07) is 0.617. The molecule has 0 spiro atoms. The largest absolute Gasteiger partial charge is 0.465 e. The second kappa shape index (κ2) is 7.78. The monoisotopic (exact) mass is 255 g/mol. The topological polar surface area (TPSA) is 29.5 Å². The first kappa shape index (κ1) is 15.5. The summed E-state index contributed by atoms with van der Waals surface area (Å²) in [4.78, 5) is 14.5. The molecule has 0 amide bonds. The van der Waals surface area contributed by atoms with Gasteiger partial charge in [-0.05, 0) is 45.1 Å². The van der Waals surface area contributed by atoms with E-state index in [9.17, 15) is 4.79 Å². The Morgan fingerprint density at radius 1 is 1.28 bits per heavy atom. The molecule has 0 aromatic heterocycles. The first-order chi connectivity index (χ1) is 8.60. The molecule has 106 valence electrons. The Balaban J connectivity index is 2.61. The molecule has 0 heterocycles. The van der Waals surface area contributed by atoms with Crippen LogP contribution in [0.2, 0.25) is 0 Å². The fourth-order valence-electron chi connectivity index (χ4n) is 2.34. The van der Waals surface area contributed by atoms with E-state index >= 15 is 0 Å². The predicted molar refractivity (Wildman–Crippen MR) is 74.5 cm³/mol. The second-order valence-corrected chi connectivity index (χ2v) is 5.71. The van der Waals surface area contributed by atoms with Crippen molar-refractivity contribution in [1.82, 2.24) is 4.90 Å². The number of carbonyl (C=O) groups is 1. The Bertz CT molecular complexity index is 249. The summed E-state index contributed by atoms with van der Waals surface area (Å²) in [5, 5.41) is 0. The van der Waals surface area contributed by atoms with Gasteiger partial charge in [0.05, 0.1) is 6.61 Å². The molecule has 0 radical (unpaired) electrons. The molecule has 0 bridgehead atoms. The van der Waals surface area contributed by atoms with Crippen molar-refractivity contribution in [2.24, 2.45) is 5.92 Å². The Kier molecular flexibility index (Phi) is 6.69. The molecule has 1 fully saturated rings. The zero-order valence-corrected chi connectivity index (χ0v) is 12.4. The molecule has 1 unspecified atom stereocenters. The van der Waals surface area contributed by atoms with E-state index in [2.05, 4.69) is 25.7 Å². The quantitative estimate of drug-likeness (QED) is 0.592. The molecule has 1 aliphatic rings. The van der Waals surface area contributed by atoms with E-state index in [1.165, 1.54) is 12.8 Å². The van der Waals surface area contributed by atoms with Crippen LogP contribution in [0.5, 0.6) is 0 Å². The molecular formula is C15H29NO2. The van der Waals surface area contributed by atoms with Gasteiger partial charge in [-0.25, -0.2) is 0 Å². The molecule has 0 aromatic carbocycles. The summed E-state index contributed by atoms with van der Waals surface area (Å²) in [7, 11) is 0. The average Bonchev–Trinajstić information content (AvgIpc) is 3.12. The van der Waals surface area contributed by atoms with Gasteiger partial charge in [0, 0.05) is 6.04 Å². The number of rotatable bonds is 9. The number of hydrogen-bond acceptors (Lipinski definition) is 3. The summed E-state index contributed by atoms with van der Waals surface area (Å²) in [5.74, 6) is 0.672. The molecule has 1 saturated carbocycles. The van der Waals surface area contributed by atoms with E-state index in [4.69, 9.17) is 4.74 Å². The predicted octanol–water partition coefficient (Wildman–Crippen LogP) is 3.23. The number of esters is 1. The molecule has 3 nitrogen and oxygen atoms in total. The molecule has 18 heavy (non-hydrogen) atoms. The second-order valence-electron chi connectivity index (χ2n) is 5.71. The molecule has 0 aliphatic heterocycles. The first-order valence-corrected chi connectivity index (χ1v) is 7.52. The van der Waals surface area contributed by atoms with Crippen LogP contribution >= 0.6 is 0 Å². The van der Waals surface area contributed by atoms with Crippen LogP contribution in [0, 0.1) is 5.92 Å². The highest BCUT2D eigenvalue weighted by Gasteiger charge is 2.37. The van der Waals surface area contributed by atoms with Crippen molar-refractivity contribution in [1.29, 1.82) is 0 Å². The van der Waals surface area contributed by atoms with Crippen LogP contribution < -0.4 is 0 Å². The molecule has 0 saturated heterocycles. The maximum absolute atomic E-state index is 12.1. The SMILES string of the molecule is CCCC(C(=O)OCC)N(CCC(C)C)C1CC1. The van der Waals surface area contributed by atoms with Crippen LogP contribution in [0.15, 0.2) is 0 Å². The van der Waals surface area contributed by atoms with Gasteiger partial charge in [0.15, 0.2) is 0 Å². The van der Waals surface area contributed by atoms with Gasteiger partial charge in [-0.15, -0.1) is 0 Å². The third-order valence-electron chi connectivity index (χ3n) is 3.50. The van der Waals surface area contributed by atoms with Gasteiger partial charge in [0.1, 0.15) is 6.04 Å². The fraction of sp³-hybridized carbons (Fsp3) is 0.933. The fourth-order valence-corrected chi connectivity index (χ4v) is 2.34. The lowest BCUT2D eigenvalue weighted by atomic mass is 10.1. The molecule has 1 aliphatic carbocycles. The van der Waals surface area contributed by atoms with Crippen molar-refractivity contribution in [3.8, 4) is 0 Å². The molecule has 0 N–H and O–H groups in total. The van der Waals surface area contributed by atoms with Crippen molar-refractivity contribution >= 4 is 5.97 Å². The van der Waals surface area contributed by atoms with Crippen LogP contribution in [0.4, 0.5) is 0 Å². The number of carbonyl (C=O) groups excluding carboxylic acids is 1. The number of ether oxygens (including phenoxy) is 1. The van der Waals surface area contributed by atoms with Gasteiger partial charge in [-0.1, -0.05) is 27.2 Å². The van der Waals surface area contributed by atoms with E-state index in [1.807, 2.05) is 6.92 Å². The van der Waals surface area contributed by atoms with E-state index in [1.54, 1.807) is 0 Å². The first-order valence-electron chi connectivity index (χ1n) is 7.52. The standard InChI is InChI=1S/C15H29NO2/c1-5-7-14(15(17)18-6-2)16(13-8-9-13)11-10-12(3)4/h12-14H,5-11H2,1-4H3. The summed E-state index contributed by atoms with van der Waals surface area (Å²) in [6.45, 7) is 10.0. The highest BCUT2D eigenvalue weighted by molar-refractivity contribution is 5.75. The van der Waals surface area contributed by atoms with Gasteiger partial charge in [-0.2, -0.15) is 0 Å². The van der Waals surface area contributed by atoms with Crippen LogP contribution in [0.1, 0.15) is 59.8 Å². The Labute approximate surface area is 112 Å². The third kappa shape index (κ3) is 4.97. The van der Waals surface area contributed by atoms with Crippen LogP contribution in [-0.4, -0.2) is 36.1 Å². The van der Waals surface area contributed by atoms with Crippen molar-refractivity contribution in [3.63, 3.8) is 0 Å². The van der Waals surface area contributed by atoms with Crippen LogP contribution in [0.3, 0.4) is 0 Å². The maximum Gasteiger partial charge on any atom is 0.323 e. The van der Waals surface area contributed by atoms with Crippen molar-refractivity contribution in [2.75, 3.05) is 13.2 Å². The van der Waals surface area contributed by atoms with Crippen molar-refractivity contribution < 1.29 is 9.53 Å². The van der Waals surface area contributed by atoms with Gasteiger partial charge in [0.25, 0.3) is 0 Å².